The summed E-state index contributed by atoms with van der Waals surface area (Å²) in [6, 6.07) is 3.43. The van der Waals surface area contributed by atoms with Gasteiger partial charge >= 0.3 is 0 Å². The fourth-order valence-corrected chi connectivity index (χ4v) is 2.17. The van der Waals surface area contributed by atoms with Crippen LogP contribution in [0, 0.1) is 0 Å². The zero-order valence-electron chi connectivity index (χ0n) is 11.4. The fourth-order valence-electron chi connectivity index (χ4n) is 2.17. The van der Waals surface area contributed by atoms with Crippen LogP contribution >= 0.6 is 0 Å². The van der Waals surface area contributed by atoms with Crippen LogP contribution in [0.4, 0.5) is 0 Å². The van der Waals surface area contributed by atoms with Crippen molar-refractivity contribution in [1.82, 2.24) is 15.1 Å². The molecule has 0 unspecified atom stereocenters. The number of carbonyl (C=O) groups is 1. The molecule has 1 N–H and O–H groups in total. The van der Waals surface area contributed by atoms with Crippen LogP contribution in [0.2, 0.25) is 0 Å². The van der Waals surface area contributed by atoms with Gasteiger partial charge in [-0.1, -0.05) is 0 Å². The van der Waals surface area contributed by atoms with E-state index in [4.69, 9.17) is 4.42 Å². The summed E-state index contributed by atoms with van der Waals surface area (Å²) in [4.78, 5) is 20.3. The van der Waals surface area contributed by atoms with Crippen molar-refractivity contribution < 1.29 is 9.21 Å². The number of amides is 1. The Morgan fingerprint density at radius 3 is 2.58 bits per heavy atom. The Morgan fingerprint density at radius 1 is 1.37 bits per heavy atom. The van der Waals surface area contributed by atoms with Crippen LogP contribution in [0.15, 0.2) is 27.8 Å². The quantitative estimate of drug-likeness (QED) is 0.629. The van der Waals surface area contributed by atoms with Crippen molar-refractivity contribution in [3.8, 4) is 0 Å². The van der Waals surface area contributed by atoms with Crippen LogP contribution in [0.1, 0.15) is 17.5 Å². The van der Waals surface area contributed by atoms with Gasteiger partial charge in [0.25, 0.3) is 5.91 Å². The molecule has 2 rings (SSSR count). The zero-order chi connectivity index (χ0) is 13.7. The molecule has 1 fully saturated rings. The number of hydrogen-bond acceptors (Lipinski definition) is 3. The smallest absolute Gasteiger partial charge is 0.289 e. The summed E-state index contributed by atoms with van der Waals surface area (Å²) in [5, 5.41) is 3.23. The Hall–Kier alpha value is -1.98. The Balaban J connectivity index is 1.90. The van der Waals surface area contributed by atoms with Gasteiger partial charge in [0, 0.05) is 39.8 Å². The number of nitrogens with one attached hydrogen (secondary N) is 1. The summed E-state index contributed by atoms with van der Waals surface area (Å²) in [6.07, 6.45) is 1.52. The average Bonchev–Trinajstić information content (AvgIpc) is 2.98. The minimum Gasteiger partial charge on any atom is -0.459 e. The van der Waals surface area contributed by atoms with E-state index in [-0.39, 0.29) is 5.91 Å². The number of carbonyl (C=O) groups excluding carboxylic acids is 1. The second-order valence-corrected chi connectivity index (χ2v) is 4.33. The molecule has 0 atom stereocenters. The summed E-state index contributed by atoms with van der Waals surface area (Å²) >= 11 is 0. The Morgan fingerprint density at radius 2 is 2.05 bits per heavy atom. The number of piperazine rings is 1. The molecular weight excluding hydrogens is 244 g/mol. The third-order valence-corrected chi connectivity index (χ3v) is 3.15. The summed E-state index contributed by atoms with van der Waals surface area (Å²) in [7, 11) is 1.78. The molecule has 1 aromatic rings. The van der Waals surface area contributed by atoms with E-state index < -0.39 is 0 Å². The molecule has 0 aromatic carbocycles. The maximum atomic E-state index is 12.1. The van der Waals surface area contributed by atoms with Gasteiger partial charge in [0.05, 0.1) is 6.26 Å². The zero-order valence-corrected chi connectivity index (χ0v) is 11.4. The van der Waals surface area contributed by atoms with Crippen LogP contribution in [-0.2, 0) is 0 Å². The van der Waals surface area contributed by atoms with Crippen LogP contribution in [0.25, 0.3) is 0 Å². The first-order chi connectivity index (χ1) is 9.26. The highest BCUT2D eigenvalue weighted by Gasteiger charge is 2.24. The molecule has 2 heterocycles. The van der Waals surface area contributed by atoms with Crippen molar-refractivity contribution in [2.45, 2.75) is 6.92 Å². The predicted octanol–water partition coefficient (Wildman–Crippen LogP) is 0.633. The van der Waals surface area contributed by atoms with Crippen molar-refractivity contribution in [3.63, 3.8) is 0 Å². The molecule has 1 aliphatic heterocycles. The Kier molecular flexibility index (Phi) is 4.43. The SMILES string of the molecule is CCNC(=NC)N1CCN(C(=O)c2ccco2)CC1. The maximum Gasteiger partial charge on any atom is 0.289 e. The highest BCUT2D eigenvalue weighted by atomic mass is 16.3. The van der Waals surface area contributed by atoms with E-state index >= 15 is 0 Å². The molecule has 1 aliphatic rings. The van der Waals surface area contributed by atoms with Gasteiger partial charge in [-0.15, -0.1) is 0 Å². The second-order valence-electron chi connectivity index (χ2n) is 4.33. The van der Waals surface area contributed by atoms with Gasteiger partial charge in [0.15, 0.2) is 11.7 Å². The molecule has 19 heavy (non-hydrogen) atoms. The predicted molar refractivity (Wildman–Crippen MR) is 73.2 cm³/mol. The number of guanidine groups is 1. The number of aliphatic imine (C=N–C) groups is 1. The van der Waals surface area contributed by atoms with Gasteiger partial charge in [0.2, 0.25) is 0 Å². The van der Waals surface area contributed by atoms with Crippen LogP contribution in [0.5, 0.6) is 0 Å². The number of rotatable bonds is 2. The van der Waals surface area contributed by atoms with Gasteiger partial charge in [-0.25, -0.2) is 0 Å². The van der Waals surface area contributed by atoms with E-state index in [9.17, 15) is 4.79 Å². The van der Waals surface area contributed by atoms with E-state index in [0.29, 0.717) is 18.8 Å². The van der Waals surface area contributed by atoms with Crippen molar-refractivity contribution >= 4 is 11.9 Å². The third kappa shape index (κ3) is 3.07. The lowest BCUT2D eigenvalue weighted by molar-refractivity contribution is 0.0658. The molecule has 104 valence electrons. The van der Waals surface area contributed by atoms with Gasteiger partial charge in [0.1, 0.15) is 0 Å². The summed E-state index contributed by atoms with van der Waals surface area (Å²) < 4.78 is 5.14. The standard InChI is InChI=1S/C13H20N4O2/c1-3-15-13(14-2)17-8-6-16(7-9-17)12(18)11-5-4-10-19-11/h4-5,10H,3,6-9H2,1-2H3,(H,14,15). The van der Waals surface area contributed by atoms with Crippen molar-refractivity contribution in [2.75, 3.05) is 39.8 Å². The van der Waals surface area contributed by atoms with Gasteiger partial charge in [-0.2, -0.15) is 0 Å². The van der Waals surface area contributed by atoms with Gasteiger partial charge in [-0.05, 0) is 19.1 Å². The molecule has 0 aliphatic carbocycles. The molecule has 1 saturated heterocycles. The molecule has 1 amide bonds. The van der Waals surface area contributed by atoms with Crippen LogP contribution in [0.3, 0.4) is 0 Å². The molecule has 6 heteroatoms. The molecule has 0 radical (unpaired) electrons. The fraction of sp³-hybridized carbons (Fsp3) is 0.538. The summed E-state index contributed by atoms with van der Waals surface area (Å²) in [5.74, 6) is 1.26. The minimum atomic E-state index is -0.0388. The lowest BCUT2D eigenvalue weighted by Gasteiger charge is -2.36. The normalized spacial score (nSPS) is 16.6. The Labute approximate surface area is 113 Å². The van der Waals surface area contributed by atoms with Gasteiger partial charge < -0.3 is 19.5 Å². The molecule has 6 nitrogen and oxygen atoms in total. The summed E-state index contributed by atoms with van der Waals surface area (Å²) in [6.45, 7) is 5.83. The van der Waals surface area contributed by atoms with Crippen molar-refractivity contribution in [3.05, 3.63) is 24.2 Å². The third-order valence-electron chi connectivity index (χ3n) is 3.15. The number of hydrogen-bond donors (Lipinski definition) is 1. The monoisotopic (exact) mass is 264 g/mol. The highest BCUT2D eigenvalue weighted by molar-refractivity contribution is 5.91. The minimum absolute atomic E-state index is 0.0388. The molecule has 1 aromatic heterocycles. The maximum absolute atomic E-state index is 12.1. The van der Waals surface area contributed by atoms with E-state index in [2.05, 4.69) is 15.2 Å². The first-order valence-corrected chi connectivity index (χ1v) is 6.54. The average molecular weight is 264 g/mol. The van der Waals surface area contributed by atoms with Crippen molar-refractivity contribution in [2.24, 2.45) is 4.99 Å². The lowest BCUT2D eigenvalue weighted by atomic mass is 10.3. The van der Waals surface area contributed by atoms with E-state index in [1.807, 2.05) is 11.8 Å². The first-order valence-electron chi connectivity index (χ1n) is 6.54. The lowest BCUT2D eigenvalue weighted by Crippen LogP contribution is -2.53. The second kappa shape index (κ2) is 6.26. The van der Waals surface area contributed by atoms with E-state index in [1.54, 1.807) is 19.2 Å². The van der Waals surface area contributed by atoms with Crippen molar-refractivity contribution in [1.29, 1.82) is 0 Å². The van der Waals surface area contributed by atoms with Gasteiger partial charge in [-0.3, -0.25) is 9.79 Å². The largest absolute Gasteiger partial charge is 0.459 e. The molecule has 0 spiro atoms. The topological polar surface area (TPSA) is 61.1 Å². The summed E-state index contributed by atoms with van der Waals surface area (Å²) in [5.41, 5.74) is 0. The Bertz CT molecular complexity index is 434. The van der Waals surface area contributed by atoms with Crippen LogP contribution in [-0.4, -0.2) is 61.4 Å². The highest BCUT2D eigenvalue weighted by Crippen LogP contribution is 2.09. The first kappa shape index (κ1) is 13.5. The van der Waals surface area contributed by atoms with E-state index in [0.717, 1.165) is 25.6 Å². The molecule has 0 bridgehead atoms. The van der Waals surface area contributed by atoms with E-state index in [1.165, 1.54) is 6.26 Å². The van der Waals surface area contributed by atoms with Crippen LogP contribution < -0.4 is 5.32 Å². The number of furan rings is 1. The number of nitrogens with zero attached hydrogens (tertiary/aromatic N) is 3. The molecule has 0 saturated carbocycles. The molecular formula is C13H20N4O2.